The Bertz CT molecular complexity index is 670. The fourth-order valence-electron chi connectivity index (χ4n) is 1.07. The minimum Gasteiger partial charge on any atom is -0.508 e. The monoisotopic (exact) mass is 295 g/mol. The molecule has 5 nitrogen and oxygen atoms in total. The topological polar surface area (TPSA) is 87.5 Å². The van der Waals surface area contributed by atoms with Gasteiger partial charge in [0, 0.05) is 17.8 Å². The first-order valence-electron chi connectivity index (χ1n) is 4.68. The van der Waals surface area contributed by atoms with Crippen molar-refractivity contribution in [3.8, 4) is 5.75 Å². The van der Waals surface area contributed by atoms with E-state index >= 15 is 0 Å². The lowest BCUT2D eigenvalue weighted by atomic mass is 10.2. The van der Waals surface area contributed by atoms with Gasteiger partial charge in [0.1, 0.15) is 5.75 Å². The second kappa shape index (κ2) is 5.41. The first kappa shape index (κ1) is 15.2. The number of alkyl halides is 3. The van der Waals surface area contributed by atoms with E-state index in [1.807, 2.05) is 12.1 Å². The molecule has 9 heteroatoms. The molecule has 1 aromatic carbocycles. The molecule has 2 N–H and O–H groups in total. The highest BCUT2D eigenvalue weighted by atomic mass is 32.2. The summed E-state index contributed by atoms with van der Waals surface area (Å²) in [6.07, 6.45) is 3.47. The van der Waals surface area contributed by atoms with Crippen molar-refractivity contribution in [1.82, 2.24) is 4.98 Å². The molecule has 0 aliphatic carbocycles. The van der Waals surface area contributed by atoms with Crippen molar-refractivity contribution in [1.29, 1.82) is 0 Å². The van der Waals surface area contributed by atoms with Crippen LogP contribution in [0.25, 0.3) is 10.8 Å². The zero-order valence-electron chi connectivity index (χ0n) is 9.16. The largest absolute Gasteiger partial charge is 0.522 e. The predicted octanol–water partition coefficient (Wildman–Crippen LogP) is 2.33. The highest BCUT2D eigenvalue weighted by Gasteiger charge is 2.44. The summed E-state index contributed by atoms with van der Waals surface area (Å²) >= 11 is 0. The fourth-order valence-corrected chi connectivity index (χ4v) is 1.07. The molecule has 0 fully saturated rings. The van der Waals surface area contributed by atoms with E-state index < -0.39 is 15.6 Å². The normalized spacial score (nSPS) is 11.8. The molecule has 2 rings (SSSR count). The number of fused-ring (bicyclic) bond motifs is 1. The molecule has 19 heavy (non-hydrogen) atoms. The van der Waals surface area contributed by atoms with Crippen molar-refractivity contribution in [3.63, 3.8) is 0 Å². The maximum atomic E-state index is 10.7. The number of halogens is 3. The van der Waals surface area contributed by atoms with E-state index in [9.17, 15) is 13.2 Å². The van der Waals surface area contributed by atoms with Gasteiger partial charge in [0.15, 0.2) is 0 Å². The lowest BCUT2D eigenvalue weighted by Crippen LogP contribution is -2.21. The standard InChI is InChI=1S/C9H7NO.CHF3O3S/c11-9-2-1-7-3-4-10-6-8(7)5-9;2-1(3,4)8(5,6)7/h1-6,11H;(H,5,6,7). The SMILES string of the molecule is O=S(=O)(O)C(F)(F)F.Oc1ccc2ccncc2c1. The van der Waals surface area contributed by atoms with Crippen LogP contribution in [-0.4, -0.2) is 28.6 Å². The summed E-state index contributed by atoms with van der Waals surface area (Å²) in [7, 11) is -5.84. The molecule has 104 valence electrons. The van der Waals surface area contributed by atoms with Crippen molar-refractivity contribution >= 4 is 20.9 Å². The van der Waals surface area contributed by atoms with Crippen LogP contribution in [0.2, 0.25) is 0 Å². The number of aromatic hydroxyl groups is 1. The molecule has 0 aliphatic heterocycles. The van der Waals surface area contributed by atoms with Crippen LogP contribution < -0.4 is 0 Å². The molecule has 0 saturated heterocycles. The third kappa shape index (κ3) is 4.38. The van der Waals surface area contributed by atoms with Crippen LogP contribution in [0.5, 0.6) is 5.75 Å². The van der Waals surface area contributed by atoms with E-state index in [0.717, 1.165) is 10.8 Å². The number of aromatic nitrogens is 1. The van der Waals surface area contributed by atoms with Crippen molar-refractivity contribution in [3.05, 3.63) is 36.7 Å². The third-order valence-electron chi connectivity index (χ3n) is 1.92. The Balaban J connectivity index is 0.000000203. The van der Waals surface area contributed by atoms with E-state index in [4.69, 9.17) is 18.1 Å². The lowest BCUT2D eigenvalue weighted by Gasteiger charge is -1.97. The second-order valence-corrected chi connectivity index (χ2v) is 4.74. The van der Waals surface area contributed by atoms with Gasteiger partial charge in [0.2, 0.25) is 0 Å². The van der Waals surface area contributed by atoms with Crippen molar-refractivity contribution in [2.75, 3.05) is 0 Å². The molecular weight excluding hydrogens is 287 g/mol. The van der Waals surface area contributed by atoms with Crippen LogP contribution in [-0.2, 0) is 10.1 Å². The average molecular weight is 295 g/mol. The van der Waals surface area contributed by atoms with Gasteiger partial charge in [-0.2, -0.15) is 21.6 Å². The van der Waals surface area contributed by atoms with Crippen LogP contribution in [0.3, 0.4) is 0 Å². The minimum absolute atomic E-state index is 0.283. The molecule has 0 aliphatic rings. The van der Waals surface area contributed by atoms with Crippen molar-refractivity contribution < 1.29 is 31.2 Å². The maximum Gasteiger partial charge on any atom is 0.522 e. The smallest absolute Gasteiger partial charge is 0.508 e. The zero-order valence-corrected chi connectivity index (χ0v) is 9.98. The Hall–Kier alpha value is -1.87. The quantitative estimate of drug-likeness (QED) is 0.575. The van der Waals surface area contributed by atoms with Gasteiger partial charge in [-0.05, 0) is 23.6 Å². The highest BCUT2D eigenvalue weighted by molar-refractivity contribution is 7.86. The number of phenols is 1. The molecule has 0 spiro atoms. The van der Waals surface area contributed by atoms with E-state index in [1.54, 1.807) is 24.5 Å². The van der Waals surface area contributed by atoms with Gasteiger partial charge in [-0.1, -0.05) is 6.07 Å². The molecule has 1 heterocycles. The van der Waals surface area contributed by atoms with E-state index in [1.165, 1.54) is 0 Å². The molecular formula is C10H8F3NO4S. The average Bonchev–Trinajstić information content (AvgIpc) is 2.27. The Morgan fingerprint density at radius 2 is 1.68 bits per heavy atom. The summed E-state index contributed by atoms with van der Waals surface area (Å²) in [5, 5.41) is 11.2. The Morgan fingerprint density at radius 1 is 1.11 bits per heavy atom. The van der Waals surface area contributed by atoms with Crippen molar-refractivity contribution in [2.24, 2.45) is 0 Å². The number of rotatable bonds is 0. The summed E-state index contributed by atoms with van der Waals surface area (Å²) in [5.41, 5.74) is -5.53. The van der Waals surface area contributed by atoms with Crippen LogP contribution >= 0.6 is 0 Å². The molecule has 0 unspecified atom stereocenters. The Morgan fingerprint density at radius 3 is 2.21 bits per heavy atom. The number of benzene rings is 1. The van der Waals surface area contributed by atoms with Crippen LogP contribution in [0.15, 0.2) is 36.7 Å². The van der Waals surface area contributed by atoms with Crippen molar-refractivity contribution in [2.45, 2.75) is 5.51 Å². The summed E-state index contributed by atoms with van der Waals surface area (Å²) in [6.45, 7) is 0. The van der Waals surface area contributed by atoms with Crippen LogP contribution in [0, 0.1) is 0 Å². The first-order valence-corrected chi connectivity index (χ1v) is 6.12. The lowest BCUT2D eigenvalue weighted by molar-refractivity contribution is -0.0510. The van der Waals surface area contributed by atoms with E-state index in [-0.39, 0.29) is 5.75 Å². The number of nitrogens with zero attached hydrogens (tertiary/aromatic N) is 1. The molecule has 0 bridgehead atoms. The summed E-state index contributed by atoms with van der Waals surface area (Å²) in [5.74, 6) is 0.283. The van der Waals surface area contributed by atoms with Gasteiger partial charge in [-0.15, -0.1) is 0 Å². The fraction of sp³-hybridized carbons (Fsp3) is 0.100. The maximum absolute atomic E-state index is 10.7. The molecule has 0 saturated carbocycles. The third-order valence-corrected chi connectivity index (χ3v) is 2.50. The molecule has 0 atom stereocenters. The van der Waals surface area contributed by atoms with Gasteiger partial charge in [-0.3, -0.25) is 9.54 Å². The molecule has 2 aromatic rings. The second-order valence-electron chi connectivity index (χ2n) is 3.33. The van der Waals surface area contributed by atoms with E-state index in [0.29, 0.717) is 0 Å². The van der Waals surface area contributed by atoms with Gasteiger partial charge in [-0.25, -0.2) is 0 Å². The number of phenolic OH excluding ortho intramolecular Hbond substituents is 1. The molecule has 0 amide bonds. The first-order chi connectivity index (χ1) is 8.61. The van der Waals surface area contributed by atoms with Gasteiger partial charge in [0.05, 0.1) is 0 Å². The van der Waals surface area contributed by atoms with Gasteiger partial charge in [0.25, 0.3) is 0 Å². The Kier molecular flexibility index (Phi) is 4.32. The zero-order chi connectivity index (χ0) is 14.7. The Labute approximate surface area is 106 Å². The number of pyridine rings is 1. The predicted molar refractivity (Wildman–Crippen MR) is 61.0 cm³/mol. The number of hydrogen-bond acceptors (Lipinski definition) is 4. The number of hydrogen-bond donors (Lipinski definition) is 2. The summed E-state index contributed by atoms with van der Waals surface area (Å²) in [6, 6.07) is 7.14. The van der Waals surface area contributed by atoms with Gasteiger partial charge < -0.3 is 5.11 Å². The van der Waals surface area contributed by atoms with Crippen LogP contribution in [0.4, 0.5) is 13.2 Å². The minimum atomic E-state index is -5.84. The summed E-state index contributed by atoms with van der Waals surface area (Å²) < 4.78 is 57.5. The molecule has 0 radical (unpaired) electrons. The highest BCUT2D eigenvalue weighted by Crippen LogP contribution is 2.20. The van der Waals surface area contributed by atoms with Gasteiger partial charge >= 0.3 is 15.6 Å². The summed E-state index contributed by atoms with van der Waals surface area (Å²) in [4.78, 5) is 3.94. The molecule has 1 aromatic heterocycles. The van der Waals surface area contributed by atoms with Crippen LogP contribution in [0.1, 0.15) is 0 Å². The van der Waals surface area contributed by atoms with E-state index in [2.05, 4.69) is 4.98 Å².